The van der Waals surface area contributed by atoms with Crippen LogP contribution in [0.3, 0.4) is 0 Å². The summed E-state index contributed by atoms with van der Waals surface area (Å²) in [4.78, 5) is 57.8. The van der Waals surface area contributed by atoms with Crippen LogP contribution in [0.1, 0.15) is 53.4 Å². The monoisotopic (exact) mass is 531 g/mol. The molecule has 13 heteroatoms. The van der Waals surface area contributed by atoms with E-state index in [9.17, 15) is 24.0 Å². The number of hydrogen-bond donors (Lipinski definition) is 3. The van der Waals surface area contributed by atoms with Gasteiger partial charge in [0, 0.05) is 52.7 Å². The van der Waals surface area contributed by atoms with E-state index in [2.05, 4.69) is 10.6 Å². The third-order valence-corrected chi connectivity index (χ3v) is 5.58. The highest BCUT2D eigenvalue weighted by molar-refractivity contribution is 5.79. The number of Topliss-reactive ketones (excluding diaryl/α,β-unsaturated/α-hetero) is 1. The van der Waals surface area contributed by atoms with Crippen molar-refractivity contribution in [1.29, 1.82) is 0 Å². The van der Waals surface area contributed by atoms with E-state index in [0.29, 0.717) is 38.8 Å². The summed E-state index contributed by atoms with van der Waals surface area (Å²) in [6.45, 7) is 6.58. The van der Waals surface area contributed by atoms with Gasteiger partial charge in [0.2, 0.25) is 11.8 Å². The summed E-state index contributed by atoms with van der Waals surface area (Å²) in [6.07, 6.45) is -0.541. The zero-order chi connectivity index (χ0) is 27.8. The van der Waals surface area contributed by atoms with Crippen LogP contribution in [0.15, 0.2) is 0 Å². The lowest BCUT2D eigenvalue weighted by atomic mass is 9.89. The van der Waals surface area contributed by atoms with E-state index >= 15 is 0 Å². The minimum Gasteiger partial charge on any atom is -0.463 e. The molecule has 2 amide bonds. The largest absolute Gasteiger partial charge is 0.463 e. The van der Waals surface area contributed by atoms with E-state index in [1.165, 1.54) is 20.8 Å². The summed E-state index contributed by atoms with van der Waals surface area (Å²) in [6, 6.07) is -0.780. The van der Waals surface area contributed by atoms with Crippen molar-refractivity contribution in [3.63, 3.8) is 0 Å². The van der Waals surface area contributed by atoms with Crippen LogP contribution in [0.2, 0.25) is 0 Å². The van der Waals surface area contributed by atoms with E-state index in [1.807, 2.05) is 0 Å². The molecule has 5 atom stereocenters. The number of carbonyl (C=O) groups is 5. The fourth-order valence-electron chi connectivity index (χ4n) is 3.77. The molecule has 0 aliphatic carbocycles. The highest BCUT2D eigenvalue weighted by Gasteiger charge is 2.47. The van der Waals surface area contributed by atoms with Crippen LogP contribution in [0.4, 0.5) is 0 Å². The van der Waals surface area contributed by atoms with Crippen molar-refractivity contribution in [3.05, 3.63) is 0 Å². The van der Waals surface area contributed by atoms with Gasteiger partial charge in [-0.05, 0) is 12.8 Å². The zero-order valence-electron chi connectivity index (χ0n) is 22.1. The average Bonchev–Trinajstić information content (AvgIpc) is 2.83. The van der Waals surface area contributed by atoms with Crippen molar-refractivity contribution in [3.8, 4) is 0 Å². The molecule has 0 aromatic rings. The number of carbonyl (C=O) groups excluding carboxylic acids is 5. The third kappa shape index (κ3) is 13.5. The molecule has 1 saturated heterocycles. The number of nitrogens with two attached hydrogens (primary N) is 1. The normalized spacial score (nSPS) is 23.1. The molecular weight excluding hydrogens is 490 g/mol. The minimum absolute atomic E-state index is 0.0646. The van der Waals surface area contributed by atoms with Gasteiger partial charge in [0.15, 0.2) is 6.29 Å². The molecule has 0 aromatic heterocycles. The second kappa shape index (κ2) is 17.8. The lowest BCUT2D eigenvalue weighted by Gasteiger charge is -2.44. The molecule has 4 N–H and O–H groups in total. The summed E-state index contributed by atoms with van der Waals surface area (Å²) in [7, 11) is 0. The van der Waals surface area contributed by atoms with E-state index in [0.717, 1.165) is 0 Å². The minimum atomic E-state index is -0.977. The van der Waals surface area contributed by atoms with Gasteiger partial charge in [0.05, 0.1) is 19.8 Å². The van der Waals surface area contributed by atoms with Crippen LogP contribution in [0.25, 0.3) is 0 Å². The Morgan fingerprint density at radius 2 is 1.65 bits per heavy atom. The van der Waals surface area contributed by atoms with E-state index in [4.69, 9.17) is 29.4 Å². The Bertz CT molecular complexity index is 763. The van der Waals surface area contributed by atoms with Crippen LogP contribution in [0.5, 0.6) is 0 Å². The van der Waals surface area contributed by atoms with E-state index in [1.54, 1.807) is 6.92 Å². The third-order valence-electron chi connectivity index (χ3n) is 5.58. The maximum atomic E-state index is 11.9. The maximum Gasteiger partial charge on any atom is 0.302 e. The Kier molecular flexibility index (Phi) is 15.6. The molecule has 0 radical (unpaired) electrons. The van der Waals surface area contributed by atoms with Gasteiger partial charge in [-0.15, -0.1) is 0 Å². The van der Waals surface area contributed by atoms with Gasteiger partial charge in [-0.1, -0.05) is 6.92 Å². The van der Waals surface area contributed by atoms with Crippen molar-refractivity contribution in [2.45, 2.75) is 77.9 Å². The summed E-state index contributed by atoms with van der Waals surface area (Å²) >= 11 is 0. The molecule has 1 rings (SSSR count). The standard InChI is InChI=1S/C24H41N3O10/c1-15-20(14-35-17(3)29)37-24(22(27-16(2)28)23(15)36-18(4)30)34-12-11-33-10-6-8-19(31)7-5-9-26-21(32)13-25/h15,20,22-24H,5-14,25H2,1-4H3,(H,26,32)(H,27,28)/t15-,20+,22+,23-,24?/m0/s1. The van der Waals surface area contributed by atoms with Gasteiger partial charge < -0.3 is 40.1 Å². The van der Waals surface area contributed by atoms with Crippen molar-refractivity contribution in [2.75, 3.05) is 39.5 Å². The highest BCUT2D eigenvalue weighted by Crippen LogP contribution is 2.29. The molecule has 1 unspecified atom stereocenters. The van der Waals surface area contributed by atoms with Crippen molar-refractivity contribution < 1.29 is 47.7 Å². The fraction of sp³-hybridized carbons (Fsp3) is 0.792. The number of hydrogen-bond acceptors (Lipinski definition) is 11. The first-order valence-electron chi connectivity index (χ1n) is 12.5. The van der Waals surface area contributed by atoms with Gasteiger partial charge in [-0.3, -0.25) is 24.0 Å². The summed E-state index contributed by atoms with van der Waals surface area (Å²) in [5, 5.41) is 5.34. The molecule has 1 aliphatic heterocycles. The first-order valence-corrected chi connectivity index (χ1v) is 12.5. The van der Waals surface area contributed by atoms with Crippen LogP contribution in [0, 0.1) is 5.92 Å². The molecule has 0 aromatic carbocycles. The lowest BCUT2D eigenvalue weighted by molar-refractivity contribution is -0.262. The molecule has 1 heterocycles. The first kappa shape index (κ1) is 32.4. The van der Waals surface area contributed by atoms with Crippen molar-refractivity contribution >= 4 is 29.5 Å². The Morgan fingerprint density at radius 3 is 2.27 bits per heavy atom. The van der Waals surface area contributed by atoms with Gasteiger partial charge in [0.25, 0.3) is 0 Å². The van der Waals surface area contributed by atoms with Gasteiger partial charge in [-0.2, -0.15) is 0 Å². The maximum absolute atomic E-state index is 11.9. The molecule has 1 aliphatic rings. The van der Waals surface area contributed by atoms with Gasteiger partial charge in [-0.25, -0.2) is 0 Å². The summed E-state index contributed by atoms with van der Waals surface area (Å²) in [5.74, 6) is -1.93. The predicted molar refractivity (Wildman–Crippen MR) is 130 cm³/mol. The quantitative estimate of drug-likeness (QED) is 0.164. The number of rotatable bonds is 17. The van der Waals surface area contributed by atoms with Crippen LogP contribution in [-0.2, 0) is 47.7 Å². The Morgan fingerprint density at radius 1 is 0.946 bits per heavy atom. The van der Waals surface area contributed by atoms with Gasteiger partial charge >= 0.3 is 11.9 Å². The Labute approximate surface area is 217 Å². The molecule has 13 nitrogen and oxygen atoms in total. The number of esters is 2. The predicted octanol–water partition coefficient (Wildman–Crippen LogP) is -0.415. The smallest absolute Gasteiger partial charge is 0.302 e. The second-order valence-electron chi connectivity index (χ2n) is 8.79. The second-order valence-corrected chi connectivity index (χ2v) is 8.79. The topological polar surface area (TPSA) is 182 Å². The van der Waals surface area contributed by atoms with Crippen LogP contribution in [-0.4, -0.2) is 93.6 Å². The summed E-state index contributed by atoms with van der Waals surface area (Å²) in [5.41, 5.74) is 5.20. The SMILES string of the molecule is CC(=O)N[C@H]1C(OCCOCCCC(=O)CCCNC(=O)CN)O[C@H](COC(C)=O)[C@H](C)[C@@H]1OC(C)=O. The molecule has 0 saturated carbocycles. The average molecular weight is 532 g/mol. The fourth-order valence-corrected chi connectivity index (χ4v) is 3.77. The van der Waals surface area contributed by atoms with Crippen LogP contribution >= 0.6 is 0 Å². The molecular formula is C24H41N3O10. The van der Waals surface area contributed by atoms with E-state index in [-0.39, 0.29) is 44.0 Å². The zero-order valence-corrected chi connectivity index (χ0v) is 22.1. The highest BCUT2D eigenvalue weighted by atomic mass is 16.7. The number of ketones is 1. The Hall–Kier alpha value is -2.61. The molecule has 212 valence electrons. The van der Waals surface area contributed by atoms with Crippen molar-refractivity contribution in [2.24, 2.45) is 11.7 Å². The van der Waals surface area contributed by atoms with E-state index < -0.39 is 42.4 Å². The number of amides is 2. The lowest BCUT2D eigenvalue weighted by Crippen LogP contribution is -2.63. The van der Waals surface area contributed by atoms with Crippen LogP contribution < -0.4 is 16.4 Å². The molecule has 0 spiro atoms. The van der Waals surface area contributed by atoms with Gasteiger partial charge in [0.1, 0.15) is 30.6 Å². The Balaban J connectivity index is 2.49. The number of ether oxygens (including phenoxy) is 5. The summed E-state index contributed by atoms with van der Waals surface area (Å²) < 4.78 is 27.9. The van der Waals surface area contributed by atoms with Crippen molar-refractivity contribution in [1.82, 2.24) is 10.6 Å². The molecule has 0 bridgehead atoms. The number of nitrogens with one attached hydrogen (secondary N) is 2. The molecule has 1 fully saturated rings. The first-order chi connectivity index (χ1) is 17.5. The molecule has 37 heavy (non-hydrogen) atoms.